The topological polar surface area (TPSA) is 68.0 Å². The minimum absolute atomic E-state index is 0.140. The van der Waals surface area contributed by atoms with Crippen LogP contribution in [0.4, 0.5) is 0 Å². The van der Waals surface area contributed by atoms with Crippen LogP contribution in [-0.4, -0.2) is 16.0 Å². The van der Waals surface area contributed by atoms with E-state index in [0.717, 1.165) is 11.1 Å². The van der Waals surface area contributed by atoms with Gasteiger partial charge in [0.25, 0.3) is 5.91 Å². The Morgan fingerprint density at radius 2 is 1.83 bits per heavy atom. The number of nitrogens with zero attached hydrogens (tertiary/aromatic N) is 2. The van der Waals surface area contributed by atoms with Crippen molar-refractivity contribution in [1.29, 1.82) is 0 Å². The predicted octanol–water partition coefficient (Wildman–Crippen LogP) is 3.54. The molecule has 3 aromatic rings. The summed E-state index contributed by atoms with van der Waals surface area (Å²) < 4.78 is 5.17. The van der Waals surface area contributed by atoms with Crippen LogP contribution < -0.4 is 5.32 Å². The minimum Gasteiger partial charge on any atom is -0.350 e. The fourth-order valence-electron chi connectivity index (χ4n) is 2.25. The molecule has 1 amide bonds. The first-order chi connectivity index (χ1) is 11.1. The lowest BCUT2D eigenvalue weighted by molar-refractivity contribution is 0.0902. The molecule has 1 unspecified atom stereocenters. The van der Waals surface area contributed by atoms with Crippen molar-refractivity contribution in [3.8, 4) is 11.3 Å². The number of carbonyl (C=O) groups excluding carboxylic acids is 1. The number of amides is 1. The van der Waals surface area contributed by atoms with Crippen molar-refractivity contribution in [2.24, 2.45) is 0 Å². The number of nitrogens with one attached hydrogen (secondary N) is 1. The maximum absolute atomic E-state index is 12.3. The van der Waals surface area contributed by atoms with Gasteiger partial charge < -0.3 is 9.84 Å². The Labute approximate surface area is 134 Å². The zero-order valence-electron chi connectivity index (χ0n) is 13.0. The van der Waals surface area contributed by atoms with Crippen molar-refractivity contribution < 1.29 is 9.32 Å². The maximum atomic E-state index is 12.3. The second kappa shape index (κ2) is 6.44. The first-order valence-electron chi connectivity index (χ1n) is 7.38. The molecule has 5 nitrogen and oxygen atoms in total. The molecule has 0 bridgehead atoms. The lowest BCUT2D eigenvalue weighted by Gasteiger charge is -2.12. The second-order valence-corrected chi connectivity index (χ2v) is 5.42. The molecule has 2 aromatic heterocycles. The van der Waals surface area contributed by atoms with Crippen molar-refractivity contribution in [3.63, 3.8) is 0 Å². The molecule has 0 aliphatic heterocycles. The van der Waals surface area contributed by atoms with E-state index in [1.165, 1.54) is 5.56 Å². The van der Waals surface area contributed by atoms with Gasteiger partial charge in [0.05, 0.1) is 6.04 Å². The van der Waals surface area contributed by atoms with E-state index in [-0.39, 0.29) is 17.7 Å². The summed E-state index contributed by atoms with van der Waals surface area (Å²) in [6, 6.07) is 13.1. The van der Waals surface area contributed by atoms with Crippen LogP contribution in [0.3, 0.4) is 0 Å². The van der Waals surface area contributed by atoms with Crippen molar-refractivity contribution in [2.45, 2.75) is 19.9 Å². The van der Waals surface area contributed by atoms with Crippen molar-refractivity contribution in [1.82, 2.24) is 15.5 Å². The number of aromatic nitrogens is 2. The van der Waals surface area contributed by atoms with E-state index in [1.807, 2.05) is 50.2 Å². The molecule has 116 valence electrons. The van der Waals surface area contributed by atoms with Crippen LogP contribution in [0.1, 0.15) is 34.6 Å². The lowest BCUT2D eigenvalue weighted by Crippen LogP contribution is -2.26. The molecule has 23 heavy (non-hydrogen) atoms. The van der Waals surface area contributed by atoms with E-state index in [4.69, 9.17) is 4.52 Å². The highest BCUT2D eigenvalue weighted by atomic mass is 16.5. The Kier molecular flexibility index (Phi) is 4.19. The third-order valence-corrected chi connectivity index (χ3v) is 3.63. The van der Waals surface area contributed by atoms with Gasteiger partial charge in [0.2, 0.25) is 5.76 Å². The van der Waals surface area contributed by atoms with Crippen LogP contribution in [0, 0.1) is 6.92 Å². The van der Waals surface area contributed by atoms with E-state index in [0.29, 0.717) is 5.69 Å². The highest BCUT2D eigenvalue weighted by Crippen LogP contribution is 2.20. The second-order valence-electron chi connectivity index (χ2n) is 5.42. The summed E-state index contributed by atoms with van der Waals surface area (Å²) in [5.74, 6) is -0.0957. The van der Waals surface area contributed by atoms with E-state index in [1.54, 1.807) is 18.5 Å². The van der Waals surface area contributed by atoms with E-state index < -0.39 is 0 Å². The highest BCUT2D eigenvalue weighted by molar-refractivity contribution is 5.92. The molecule has 0 fully saturated rings. The normalized spacial score (nSPS) is 11.9. The number of carbonyl (C=O) groups is 1. The number of hydrogen-bond donors (Lipinski definition) is 1. The van der Waals surface area contributed by atoms with Gasteiger partial charge >= 0.3 is 0 Å². The zero-order chi connectivity index (χ0) is 16.2. The molecular weight excluding hydrogens is 290 g/mol. The monoisotopic (exact) mass is 307 g/mol. The molecule has 1 N–H and O–H groups in total. The summed E-state index contributed by atoms with van der Waals surface area (Å²) in [7, 11) is 0. The Balaban J connectivity index is 1.72. The van der Waals surface area contributed by atoms with E-state index in [9.17, 15) is 4.79 Å². The van der Waals surface area contributed by atoms with Crippen LogP contribution >= 0.6 is 0 Å². The highest BCUT2D eigenvalue weighted by Gasteiger charge is 2.16. The molecule has 3 rings (SSSR count). The smallest absolute Gasteiger partial charge is 0.290 e. The zero-order valence-corrected chi connectivity index (χ0v) is 13.0. The van der Waals surface area contributed by atoms with Crippen molar-refractivity contribution in [2.75, 3.05) is 0 Å². The first-order valence-corrected chi connectivity index (χ1v) is 7.38. The average molecular weight is 307 g/mol. The van der Waals surface area contributed by atoms with Gasteiger partial charge in [0.1, 0.15) is 5.69 Å². The van der Waals surface area contributed by atoms with Gasteiger partial charge in [-0.25, -0.2) is 0 Å². The number of pyridine rings is 1. The summed E-state index contributed by atoms with van der Waals surface area (Å²) in [6.45, 7) is 3.93. The molecule has 1 aromatic carbocycles. The average Bonchev–Trinajstić information content (AvgIpc) is 3.06. The SMILES string of the molecule is Cc1ccc(-c2cc(C(=O)NC(C)c3ccncc3)on2)cc1. The maximum Gasteiger partial charge on any atom is 0.290 e. The number of aryl methyl sites for hydroxylation is 1. The van der Waals surface area contributed by atoms with Gasteiger partial charge in [0.15, 0.2) is 0 Å². The molecule has 2 heterocycles. The number of benzene rings is 1. The molecule has 0 spiro atoms. The molecule has 0 aliphatic carbocycles. The van der Waals surface area contributed by atoms with Crippen molar-refractivity contribution >= 4 is 5.91 Å². The standard InChI is InChI=1S/C18H17N3O2/c1-12-3-5-15(6-4-12)16-11-17(23-21-16)18(22)20-13(2)14-7-9-19-10-8-14/h3-11,13H,1-2H3,(H,20,22). The minimum atomic E-state index is -0.292. The molecule has 5 heteroatoms. The van der Waals surface area contributed by atoms with Crippen LogP contribution in [0.25, 0.3) is 11.3 Å². The Morgan fingerprint density at radius 1 is 1.13 bits per heavy atom. The fourth-order valence-corrected chi connectivity index (χ4v) is 2.25. The van der Waals surface area contributed by atoms with E-state index >= 15 is 0 Å². The Hall–Kier alpha value is -2.95. The first kappa shape index (κ1) is 15.0. The number of hydrogen-bond acceptors (Lipinski definition) is 4. The third-order valence-electron chi connectivity index (χ3n) is 3.63. The number of rotatable bonds is 4. The van der Waals surface area contributed by atoms with Gasteiger partial charge in [-0.2, -0.15) is 0 Å². The summed E-state index contributed by atoms with van der Waals surface area (Å²) in [4.78, 5) is 16.2. The molecule has 0 saturated heterocycles. The lowest BCUT2D eigenvalue weighted by atomic mass is 10.1. The largest absolute Gasteiger partial charge is 0.350 e. The third kappa shape index (κ3) is 3.45. The van der Waals surface area contributed by atoms with Gasteiger partial charge in [-0.1, -0.05) is 35.0 Å². The molecule has 0 saturated carbocycles. The van der Waals surface area contributed by atoms with Gasteiger partial charge in [0, 0.05) is 24.0 Å². The summed E-state index contributed by atoms with van der Waals surface area (Å²) in [5, 5.41) is 6.86. The molecule has 0 radical (unpaired) electrons. The van der Waals surface area contributed by atoms with Crippen molar-refractivity contribution in [3.05, 3.63) is 71.7 Å². The van der Waals surface area contributed by atoms with Gasteiger partial charge in [-0.3, -0.25) is 9.78 Å². The summed E-state index contributed by atoms with van der Waals surface area (Å²) >= 11 is 0. The Bertz CT molecular complexity index is 795. The van der Waals surface area contributed by atoms with Crippen LogP contribution in [-0.2, 0) is 0 Å². The van der Waals surface area contributed by atoms with E-state index in [2.05, 4.69) is 15.5 Å². The molecular formula is C18H17N3O2. The molecule has 1 atom stereocenters. The fraction of sp³-hybridized carbons (Fsp3) is 0.167. The summed E-state index contributed by atoms with van der Waals surface area (Å²) in [6.07, 6.45) is 3.39. The van der Waals surface area contributed by atoms with Gasteiger partial charge in [-0.15, -0.1) is 0 Å². The van der Waals surface area contributed by atoms with Crippen LogP contribution in [0.2, 0.25) is 0 Å². The summed E-state index contributed by atoms with van der Waals surface area (Å²) in [5.41, 5.74) is 3.71. The Morgan fingerprint density at radius 3 is 2.52 bits per heavy atom. The van der Waals surface area contributed by atoms with Crippen LogP contribution in [0.15, 0.2) is 59.4 Å². The van der Waals surface area contributed by atoms with Crippen LogP contribution in [0.5, 0.6) is 0 Å². The molecule has 0 aliphatic rings. The quantitative estimate of drug-likeness (QED) is 0.800. The predicted molar refractivity (Wildman–Crippen MR) is 86.8 cm³/mol. The van der Waals surface area contributed by atoms with Gasteiger partial charge in [-0.05, 0) is 31.5 Å².